The maximum Gasteiger partial charge on any atom is 0.416 e. The number of halogens is 4. The van der Waals surface area contributed by atoms with Crippen LogP contribution in [-0.4, -0.2) is 5.91 Å². The number of benzene rings is 2. The average Bonchev–Trinajstić information content (AvgIpc) is 2.52. The minimum atomic E-state index is -4.39. The smallest absolute Gasteiger partial charge is 0.348 e. The highest BCUT2D eigenvalue weighted by Gasteiger charge is 2.30. The van der Waals surface area contributed by atoms with Crippen LogP contribution < -0.4 is 5.32 Å². The Balaban J connectivity index is 1.93. The number of alkyl halides is 3. The summed E-state index contributed by atoms with van der Waals surface area (Å²) in [6, 6.07) is 12.2. The number of hydrogen-bond acceptors (Lipinski definition) is 1. The molecule has 0 unspecified atom stereocenters. The van der Waals surface area contributed by atoms with Gasteiger partial charge in [-0.15, -0.1) is 0 Å². The van der Waals surface area contributed by atoms with Gasteiger partial charge in [0.05, 0.1) is 5.56 Å². The first-order chi connectivity index (χ1) is 10.8. The van der Waals surface area contributed by atoms with Crippen molar-refractivity contribution in [2.45, 2.75) is 12.7 Å². The molecule has 0 fully saturated rings. The lowest BCUT2D eigenvalue weighted by molar-refractivity contribution is -0.137. The number of hydrogen-bond donors (Lipinski definition) is 1. The molecule has 0 radical (unpaired) electrons. The van der Waals surface area contributed by atoms with Crippen molar-refractivity contribution >= 4 is 27.9 Å². The number of carbonyl (C=O) groups is 1. The van der Waals surface area contributed by atoms with Gasteiger partial charge in [0.2, 0.25) is 5.91 Å². The number of amides is 1. The van der Waals surface area contributed by atoms with Crippen molar-refractivity contribution in [1.29, 1.82) is 0 Å². The van der Waals surface area contributed by atoms with E-state index in [1.807, 2.05) is 24.3 Å². The minimum absolute atomic E-state index is 0.0351. The molecule has 0 bridgehead atoms. The SMILES string of the molecule is O=C(C=Cc1ccc(Br)cc1)NCc1cccc(C(F)(F)F)c1. The first kappa shape index (κ1) is 17.3. The second-order valence-electron chi connectivity index (χ2n) is 4.80. The van der Waals surface area contributed by atoms with Crippen molar-refractivity contribution in [3.05, 3.63) is 75.8 Å². The summed E-state index contributed by atoms with van der Waals surface area (Å²) in [5.74, 6) is -0.370. The molecule has 0 spiro atoms. The van der Waals surface area contributed by atoms with Crippen molar-refractivity contribution in [3.8, 4) is 0 Å². The van der Waals surface area contributed by atoms with Crippen LogP contribution in [0.3, 0.4) is 0 Å². The lowest BCUT2D eigenvalue weighted by atomic mass is 10.1. The fraction of sp³-hybridized carbons (Fsp3) is 0.118. The van der Waals surface area contributed by atoms with Crippen LogP contribution in [-0.2, 0) is 17.5 Å². The van der Waals surface area contributed by atoms with Gasteiger partial charge in [0, 0.05) is 17.1 Å². The van der Waals surface area contributed by atoms with Crippen LogP contribution in [0, 0.1) is 0 Å². The molecule has 1 amide bonds. The highest BCUT2D eigenvalue weighted by Crippen LogP contribution is 2.29. The second kappa shape index (κ2) is 7.46. The second-order valence-corrected chi connectivity index (χ2v) is 5.72. The summed E-state index contributed by atoms with van der Waals surface area (Å²) in [6.45, 7) is 0.0351. The maximum atomic E-state index is 12.6. The minimum Gasteiger partial charge on any atom is -0.348 e. The zero-order valence-corrected chi connectivity index (χ0v) is 13.5. The largest absolute Gasteiger partial charge is 0.416 e. The van der Waals surface area contributed by atoms with Crippen molar-refractivity contribution in [3.63, 3.8) is 0 Å². The summed E-state index contributed by atoms with van der Waals surface area (Å²) in [5, 5.41) is 2.56. The Morgan fingerprint density at radius 1 is 1.13 bits per heavy atom. The number of nitrogens with one attached hydrogen (secondary N) is 1. The molecule has 1 N–H and O–H groups in total. The molecule has 120 valence electrons. The Hall–Kier alpha value is -2.08. The molecule has 23 heavy (non-hydrogen) atoms. The summed E-state index contributed by atoms with van der Waals surface area (Å²) in [7, 11) is 0. The molecule has 0 aliphatic heterocycles. The first-order valence-electron chi connectivity index (χ1n) is 6.72. The van der Waals surface area contributed by atoms with Crippen molar-refractivity contribution in [2.75, 3.05) is 0 Å². The van der Waals surface area contributed by atoms with E-state index >= 15 is 0 Å². The molecular formula is C17H13BrF3NO. The topological polar surface area (TPSA) is 29.1 Å². The lowest BCUT2D eigenvalue weighted by Gasteiger charge is -2.08. The number of rotatable bonds is 4. The van der Waals surface area contributed by atoms with E-state index in [1.165, 1.54) is 18.2 Å². The van der Waals surface area contributed by atoms with Crippen LogP contribution in [0.1, 0.15) is 16.7 Å². The van der Waals surface area contributed by atoms with Gasteiger partial charge >= 0.3 is 6.18 Å². The molecule has 0 aromatic heterocycles. The zero-order chi connectivity index (χ0) is 16.9. The maximum absolute atomic E-state index is 12.6. The van der Waals surface area contributed by atoms with Gasteiger partial charge in [0.25, 0.3) is 0 Å². The van der Waals surface area contributed by atoms with Gasteiger partial charge in [-0.05, 0) is 41.5 Å². The van der Waals surface area contributed by atoms with E-state index in [1.54, 1.807) is 6.08 Å². The van der Waals surface area contributed by atoms with Crippen LogP contribution in [0.2, 0.25) is 0 Å². The highest BCUT2D eigenvalue weighted by molar-refractivity contribution is 9.10. The Morgan fingerprint density at radius 3 is 2.48 bits per heavy atom. The third-order valence-corrected chi connectivity index (χ3v) is 3.55. The molecule has 0 saturated carbocycles. The first-order valence-corrected chi connectivity index (χ1v) is 7.51. The number of carbonyl (C=O) groups excluding carboxylic acids is 1. The molecule has 6 heteroatoms. The Bertz CT molecular complexity index is 709. The molecule has 0 aliphatic rings. The highest BCUT2D eigenvalue weighted by atomic mass is 79.9. The standard InChI is InChI=1S/C17H13BrF3NO/c18-15-7-4-12(5-8-15)6-9-16(23)22-11-13-2-1-3-14(10-13)17(19,20)21/h1-10H,11H2,(H,22,23). The molecule has 2 aromatic carbocycles. The third-order valence-electron chi connectivity index (χ3n) is 3.02. The molecule has 0 aliphatic carbocycles. The Morgan fingerprint density at radius 2 is 1.83 bits per heavy atom. The van der Waals surface area contributed by atoms with Gasteiger partial charge in [0.15, 0.2) is 0 Å². The normalized spacial score (nSPS) is 11.7. The van der Waals surface area contributed by atoms with Crippen LogP contribution in [0.25, 0.3) is 6.08 Å². The van der Waals surface area contributed by atoms with E-state index in [9.17, 15) is 18.0 Å². The quantitative estimate of drug-likeness (QED) is 0.755. The fourth-order valence-electron chi connectivity index (χ4n) is 1.85. The van der Waals surface area contributed by atoms with E-state index in [0.29, 0.717) is 5.56 Å². The van der Waals surface area contributed by atoms with E-state index < -0.39 is 11.7 Å². The molecular weight excluding hydrogens is 371 g/mol. The van der Waals surface area contributed by atoms with Gasteiger partial charge in [-0.25, -0.2) is 0 Å². The molecule has 2 rings (SSSR count). The lowest BCUT2D eigenvalue weighted by Crippen LogP contribution is -2.20. The van der Waals surface area contributed by atoms with Gasteiger partial charge < -0.3 is 5.32 Å². The van der Waals surface area contributed by atoms with Crippen molar-refractivity contribution < 1.29 is 18.0 Å². The van der Waals surface area contributed by atoms with Crippen LogP contribution in [0.15, 0.2) is 59.1 Å². The van der Waals surface area contributed by atoms with Crippen LogP contribution in [0.5, 0.6) is 0 Å². The van der Waals surface area contributed by atoms with Crippen molar-refractivity contribution in [1.82, 2.24) is 5.32 Å². The van der Waals surface area contributed by atoms with Gasteiger partial charge in [-0.3, -0.25) is 4.79 Å². The van der Waals surface area contributed by atoms with Gasteiger partial charge in [-0.2, -0.15) is 13.2 Å². The molecule has 2 nitrogen and oxygen atoms in total. The summed E-state index contributed by atoms with van der Waals surface area (Å²) in [4.78, 5) is 11.7. The molecule has 2 aromatic rings. The van der Waals surface area contributed by atoms with E-state index in [4.69, 9.17) is 0 Å². The van der Waals surface area contributed by atoms with E-state index in [0.717, 1.165) is 22.2 Å². The zero-order valence-electron chi connectivity index (χ0n) is 11.9. The average molecular weight is 384 g/mol. The molecule has 0 saturated heterocycles. The van der Waals surface area contributed by atoms with Crippen LogP contribution >= 0.6 is 15.9 Å². The summed E-state index contributed by atoms with van der Waals surface area (Å²) < 4.78 is 38.7. The van der Waals surface area contributed by atoms with Crippen molar-refractivity contribution in [2.24, 2.45) is 0 Å². The van der Waals surface area contributed by atoms with E-state index in [2.05, 4.69) is 21.2 Å². The van der Waals surface area contributed by atoms with Gasteiger partial charge in [0.1, 0.15) is 0 Å². The monoisotopic (exact) mass is 383 g/mol. The summed E-state index contributed by atoms with van der Waals surface area (Å²) >= 11 is 3.31. The fourth-order valence-corrected chi connectivity index (χ4v) is 2.12. The summed E-state index contributed by atoms with van der Waals surface area (Å²) in [6.07, 6.45) is -1.41. The van der Waals surface area contributed by atoms with Crippen LogP contribution in [0.4, 0.5) is 13.2 Å². The third kappa shape index (κ3) is 5.56. The Kier molecular flexibility index (Phi) is 5.60. The Labute approximate surface area is 140 Å². The predicted molar refractivity (Wildman–Crippen MR) is 86.5 cm³/mol. The molecule has 0 heterocycles. The van der Waals surface area contributed by atoms with E-state index in [-0.39, 0.29) is 12.5 Å². The summed E-state index contributed by atoms with van der Waals surface area (Å²) in [5.41, 5.74) is 0.516. The predicted octanol–water partition coefficient (Wildman–Crippen LogP) is 4.80. The molecule has 0 atom stereocenters. The van der Waals surface area contributed by atoms with Gasteiger partial charge in [-0.1, -0.05) is 40.2 Å².